The molecule has 144 valence electrons. The number of hydrogen-bond donors (Lipinski definition) is 1. The highest BCUT2D eigenvalue weighted by Crippen LogP contribution is 2.29. The molecule has 0 bridgehead atoms. The summed E-state index contributed by atoms with van der Waals surface area (Å²) in [5.41, 5.74) is 2.37. The second kappa shape index (κ2) is 7.66. The molecular formula is C20H28N6O. The van der Waals surface area contributed by atoms with Crippen molar-refractivity contribution in [1.29, 1.82) is 0 Å². The standard InChI is InChI=1S/C20H28N6O/c1-25(2)19-12-18(21-13-22-19)23-15-7-9-16(10-8-15)26-20(27)11-14-5-3-4-6-17(14)24-26/h11-13,15-16H,3-10H2,1-2H3,(H,21,22,23). The highest BCUT2D eigenvalue weighted by Gasteiger charge is 2.25. The molecule has 0 spiro atoms. The van der Waals surface area contributed by atoms with Gasteiger partial charge in [0.15, 0.2) is 0 Å². The fourth-order valence-electron chi connectivity index (χ4n) is 4.18. The number of aromatic nitrogens is 4. The lowest BCUT2D eigenvalue weighted by Crippen LogP contribution is -2.34. The molecule has 0 aromatic carbocycles. The number of rotatable bonds is 4. The predicted molar refractivity (Wildman–Crippen MR) is 106 cm³/mol. The number of nitrogens with one attached hydrogen (secondary N) is 1. The molecule has 0 atom stereocenters. The van der Waals surface area contributed by atoms with Gasteiger partial charge in [0.25, 0.3) is 5.56 Å². The summed E-state index contributed by atoms with van der Waals surface area (Å²) < 4.78 is 1.76. The van der Waals surface area contributed by atoms with E-state index in [1.165, 1.54) is 18.4 Å². The highest BCUT2D eigenvalue weighted by atomic mass is 16.1. The van der Waals surface area contributed by atoms with Crippen LogP contribution in [0.25, 0.3) is 0 Å². The fourth-order valence-corrected chi connectivity index (χ4v) is 4.18. The van der Waals surface area contributed by atoms with Crippen molar-refractivity contribution < 1.29 is 0 Å². The van der Waals surface area contributed by atoms with Crippen LogP contribution in [0.4, 0.5) is 11.6 Å². The van der Waals surface area contributed by atoms with Gasteiger partial charge in [0.1, 0.15) is 18.0 Å². The minimum absolute atomic E-state index is 0.0680. The molecule has 0 radical (unpaired) electrons. The Kier molecular flexibility index (Phi) is 5.09. The average Bonchev–Trinajstić information content (AvgIpc) is 2.68. The molecule has 7 heteroatoms. The van der Waals surface area contributed by atoms with Crippen LogP contribution in [-0.2, 0) is 12.8 Å². The van der Waals surface area contributed by atoms with E-state index in [9.17, 15) is 4.79 Å². The Morgan fingerprint density at radius 1 is 1.07 bits per heavy atom. The fraction of sp³-hybridized carbons (Fsp3) is 0.600. The average molecular weight is 368 g/mol. The van der Waals surface area contributed by atoms with Crippen molar-refractivity contribution in [3.63, 3.8) is 0 Å². The van der Waals surface area contributed by atoms with Gasteiger partial charge in [0.2, 0.25) is 0 Å². The molecule has 0 amide bonds. The lowest BCUT2D eigenvalue weighted by atomic mass is 9.91. The molecule has 0 saturated heterocycles. The zero-order chi connectivity index (χ0) is 18.8. The molecule has 0 aliphatic heterocycles. The summed E-state index contributed by atoms with van der Waals surface area (Å²) in [7, 11) is 3.95. The first kappa shape index (κ1) is 17.9. The number of fused-ring (bicyclic) bond motifs is 1. The van der Waals surface area contributed by atoms with E-state index in [4.69, 9.17) is 5.10 Å². The Labute approximate surface area is 159 Å². The van der Waals surface area contributed by atoms with E-state index in [-0.39, 0.29) is 11.6 Å². The van der Waals surface area contributed by atoms with Crippen LogP contribution in [0.5, 0.6) is 0 Å². The van der Waals surface area contributed by atoms with E-state index >= 15 is 0 Å². The minimum Gasteiger partial charge on any atom is -0.367 e. The summed E-state index contributed by atoms with van der Waals surface area (Å²) in [5.74, 6) is 1.76. The quantitative estimate of drug-likeness (QED) is 0.894. The maximum Gasteiger partial charge on any atom is 0.267 e. The molecule has 0 unspecified atom stereocenters. The van der Waals surface area contributed by atoms with Crippen molar-refractivity contribution in [3.8, 4) is 0 Å². The lowest BCUT2D eigenvalue weighted by molar-refractivity contribution is 0.300. The Morgan fingerprint density at radius 2 is 1.85 bits per heavy atom. The minimum atomic E-state index is 0.0680. The van der Waals surface area contributed by atoms with E-state index in [1.807, 2.05) is 31.1 Å². The van der Waals surface area contributed by atoms with E-state index < -0.39 is 0 Å². The van der Waals surface area contributed by atoms with Crippen LogP contribution >= 0.6 is 0 Å². The Hall–Kier alpha value is -2.44. The Morgan fingerprint density at radius 3 is 2.63 bits per heavy atom. The summed E-state index contributed by atoms with van der Waals surface area (Å²) in [4.78, 5) is 23.1. The second-order valence-corrected chi connectivity index (χ2v) is 7.91. The molecule has 27 heavy (non-hydrogen) atoms. The van der Waals surface area contributed by atoms with Gasteiger partial charge in [-0.05, 0) is 56.9 Å². The normalized spacial score (nSPS) is 22.1. The lowest BCUT2D eigenvalue weighted by Gasteiger charge is -2.30. The summed E-state index contributed by atoms with van der Waals surface area (Å²) in [6.45, 7) is 0. The third-order valence-corrected chi connectivity index (χ3v) is 5.74. The van der Waals surface area contributed by atoms with E-state index in [2.05, 4.69) is 15.3 Å². The zero-order valence-electron chi connectivity index (χ0n) is 16.2. The van der Waals surface area contributed by atoms with E-state index in [1.54, 1.807) is 11.0 Å². The predicted octanol–water partition coefficient (Wildman–Crippen LogP) is 2.57. The van der Waals surface area contributed by atoms with Crippen LogP contribution < -0.4 is 15.8 Å². The van der Waals surface area contributed by atoms with Gasteiger partial charge in [-0.25, -0.2) is 14.6 Å². The van der Waals surface area contributed by atoms with Crippen molar-refractivity contribution in [2.75, 3.05) is 24.3 Å². The van der Waals surface area contributed by atoms with Gasteiger partial charge in [-0.3, -0.25) is 4.79 Å². The van der Waals surface area contributed by atoms with Crippen molar-refractivity contribution in [3.05, 3.63) is 40.1 Å². The smallest absolute Gasteiger partial charge is 0.267 e. The summed E-state index contributed by atoms with van der Waals surface area (Å²) in [6, 6.07) is 4.39. The van der Waals surface area contributed by atoms with E-state index in [0.29, 0.717) is 6.04 Å². The summed E-state index contributed by atoms with van der Waals surface area (Å²) in [5, 5.41) is 8.26. The molecule has 2 aliphatic carbocycles. The largest absolute Gasteiger partial charge is 0.367 e. The number of anilines is 2. The number of aryl methyl sites for hydroxylation is 2. The van der Waals surface area contributed by atoms with Crippen molar-refractivity contribution >= 4 is 11.6 Å². The number of nitrogens with zero attached hydrogens (tertiary/aromatic N) is 5. The van der Waals surface area contributed by atoms with Crippen molar-refractivity contribution in [2.45, 2.75) is 63.5 Å². The first-order chi connectivity index (χ1) is 13.1. The number of hydrogen-bond acceptors (Lipinski definition) is 6. The third kappa shape index (κ3) is 3.96. The first-order valence-corrected chi connectivity index (χ1v) is 9.97. The molecule has 7 nitrogen and oxygen atoms in total. The first-order valence-electron chi connectivity index (χ1n) is 9.97. The van der Waals surface area contributed by atoms with Gasteiger partial charge in [-0.2, -0.15) is 5.10 Å². The molecule has 2 heterocycles. The van der Waals surface area contributed by atoms with Gasteiger partial charge in [0, 0.05) is 32.3 Å². The topological polar surface area (TPSA) is 75.9 Å². The van der Waals surface area contributed by atoms with Gasteiger partial charge >= 0.3 is 0 Å². The van der Waals surface area contributed by atoms with Gasteiger partial charge in [0.05, 0.1) is 11.7 Å². The maximum atomic E-state index is 12.5. The van der Waals surface area contributed by atoms with Crippen LogP contribution in [-0.4, -0.2) is 39.9 Å². The molecule has 4 rings (SSSR count). The second-order valence-electron chi connectivity index (χ2n) is 7.91. The van der Waals surface area contributed by atoms with Crippen LogP contribution in [0, 0.1) is 0 Å². The van der Waals surface area contributed by atoms with E-state index in [0.717, 1.165) is 55.9 Å². The molecular weight excluding hydrogens is 340 g/mol. The van der Waals surface area contributed by atoms with Crippen LogP contribution in [0.2, 0.25) is 0 Å². The maximum absolute atomic E-state index is 12.5. The van der Waals surface area contributed by atoms with Gasteiger partial charge in [-0.1, -0.05) is 0 Å². The zero-order valence-corrected chi connectivity index (χ0v) is 16.2. The van der Waals surface area contributed by atoms with Crippen LogP contribution in [0.1, 0.15) is 55.8 Å². The van der Waals surface area contributed by atoms with Crippen LogP contribution in [0.15, 0.2) is 23.3 Å². The van der Waals surface area contributed by atoms with Gasteiger partial charge < -0.3 is 10.2 Å². The molecule has 2 aromatic heterocycles. The highest BCUT2D eigenvalue weighted by molar-refractivity contribution is 5.47. The Balaban J connectivity index is 1.41. The SMILES string of the molecule is CN(C)c1cc(NC2CCC(n3nc4c(cc3=O)CCCC4)CC2)ncn1. The molecule has 2 aromatic rings. The van der Waals surface area contributed by atoms with Gasteiger partial charge in [-0.15, -0.1) is 0 Å². The molecule has 1 saturated carbocycles. The van der Waals surface area contributed by atoms with Crippen LogP contribution in [0.3, 0.4) is 0 Å². The monoisotopic (exact) mass is 368 g/mol. The summed E-state index contributed by atoms with van der Waals surface area (Å²) in [6.07, 6.45) is 9.92. The molecule has 1 fully saturated rings. The van der Waals surface area contributed by atoms with Crippen molar-refractivity contribution in [2.24, 2.45) is 0 Å². The Bertz CT molecular complexity index is 854. The molecule has 2 aliphatic rings. The summed E-state index contributed by atoms with van der Waals surface area (Å²) >= 11 is 0. The molecule has 1 N–H and O–H groups in total. The third-order valence-electron chi connectivity index (χ3n) is 5.74. The van der Waals surface area contributed by atoms with Crippen molar-refractivity contribution in [1.82, 2.24) is 19.7 Å².